The van der Waals surface area contributed by atoms with Gasteiger partial charge in [-0.1, -0.05) is 11.6 Å². The topological polar surface area (TPSA) is 12.0 Å². The Bertz CT molecular complexity index is 326. The fourth-order valence-electron chi connectivity index (χ4n) is 2.25. The van der Waals surface area contributed by atoms with Gasteiger partial charge >= 0.3 is 0 Å². The van der Waals surface area contributed by atoms with Crippen LogP contribution in [0.25, 0.3) is 0 Å². The van der Waals surface area contributed by atoms with Crippen LogP contribution in [-0.4, -0.2) is 13.1 Å². The molecule has 2 rings (SSSR count). The lowest BCUT2D eigenvalue weighted by atomic mass is 9.90. The number of aryl methyl sites for hydroxylation is 2. The second kappa shape index (κ2) is 4.21. The van der Waals surface area contributed by atoms with Gasteiger partial charge < -0.3 is 5.32 Å². The molecule has 1 N–H and O–H groups in total. The first-order valence-electron chi connectivity index (χ1n) is 5.16. The van der Waals surface area contributed by atoms with Crippen LogP contribution in [0.1, 0.15) is 34.1 Å². The zero-order chi connectivity index (χ0) is 10.1. The van der Waals surface area contributed by atoms with E-state index in [1.807, 2.05) is 11.3 Å². The van der Waals surface area contributed by atoms with Crippen LogP contribution >= 0.6 is 22.9 Å². The Labute approximate surface area is 94.5 Å². The van der Waals surface area contributed by atoms with Crippen molar-refractivity contribution in [2.45, 2.75) is 32.6 Å². The van der Waals surface area contributed by atoms with Gasteiger partial charge in [0.1, 0.15) is 0 Å². The highest BCUT2D eigenvalue weighted by molar-refractivity contribution is 7.12. The van der Waals surface area contributed by atoms with Gasteiger partial charge in [-0.25, -0.2) is 0 Å². The van der Waals surface area contributed by atoms with Gasteiger partial charge in [0, 0.05) is 9.75 Å². The van der Waals surface area contributed by atoms with Crippen molar-refractivity contribution < 1.29 is 0 Å². The van der Waals surface area contributed by atoms with E-state index < -0.39 is 0 Å². The van der Waals surface area contributed by atoms with Gasteiger partial charge in [-0.05, 0) is 51.3 Å². The lowest BCUT2D eigenvalue weighted by Crippen LogP contribution is -2.26. The van der Waals surface area contributed by atoms with E-state index in [0.717, 1.165) is 18.1 Å². The molecule has 1 aromatic heterocycles. The lowest BCUT2D eigenvalue weighted by Gasteiger charge is -2.23. The van der Waals surface area contributed by atoms with E-state index in [4.69, 9.17) is 11.6 Å². The van der Waals surface area contributed by atoms with Crippen molar-refractivity contribution in [1.82, 2.24) is 5.32 Å². The molecule has 2 heterocycles. The fraction of sp³-hybridized carbons (Fsp3) is 0.636. The maximum atomic E-state index is 6.34. The summed E-state index contributed by atoms with van der Waals surface area (Å²) in [6.07, 6.45) is 2.47. The summed E-state index contributed by atoms with van der Waals surface area (Å²) in [4.78, 5) is 2.69. The minimum atomic E-state index is 0.689. The van der Waals surface area contributed by atoms with Crippen molar-refractivity contribution >= 4 is 22.9 Å². The third-order valence-electron chi connectivity index (χ3n) is 2.98. The third-order valence-corrected chi connectivity index (χ3v) is 4.61. The average molecular weight is 230 g/mol. The maximum Gasteiger partial charge on any atom is 0.0579 e. The Morgan fingerprint density at radius 1 is 1.21 bits per heavy atom. The second-order valence-corrected chi connectivity index (χ2v) is 5.77. The van der Waals surface area contributed by atoms with Crippen LogP contribution in [0, 0.1) is 13.8 Å². The monoisotopic (exact) mass is 229 g/mol. The lowest BCUT2D eigenvalue weighted by molar-refractivity contribution is 0.460. The number of rotatable bonds is 1. The molecule has 78 valence electrons. The molecular weight excluding hydrogens is 214 g/mol. The maximum absolute atomic E-state index is 6.34. The van der Waals surface area contributed by atoms with Crippen molar-refractivity contribution in [1.29, 1.82) is 0 Å². The predicted octanol–water partition coefficient (Wildman–Crippen LogP) is 3.49. The van der Waals surface area contributed by atoms with E-state index in [2.05, 4.69) is 19.2 Å². The Kier molecular flexibility index (Phi) is 3.15. The molecule has 1 aliphatic rings. The van der Waals surface area contributed by atoms with Crippen LogP contribution in [0.15, 0.2) is 0 Å². The summed E-state index contributed by atoms with van der Waals surface area (Å²) in [6.45, 7) is 6.58. The molecule has 0 radical (unpaired) electrons. The van der Waals surface area contributed by atoms with E-state index in [0.29, 0.717) is 5.92 Å². The highest BCUT2D eigenvalue weighted by Crippen LogP contribution is 2.39. The fourth-order valence-corrected chi connectivity index (χ4v) is 3.76. The number of hydrogen-bond acceptors (Lipinski definition) is 2. The molecule has 0 spiro atoms. The number of thiophene rings is 1. The van der Waals surface area contributed by atoms with Crippen LogP contribution in [0.4, 0.5) is 0 Å². The summed E-state index contributed by atoms with van der Waals surface area (Å²) in [5.74, 6) is 0.689. The predicted molar refractivity (Wildman–Crippen MR) is 63.6 cm³/mol. The van der Waals surface area contributed by atoms with Gasteiger partial charge in [-0.3, -0.25) is 0 Å². The summed E-state index contributed by atoms with van der Waals surface area (Å²) < 4.78 is 0. The Hall–Kier alpha value is -0.0500. The quantitative estimate of drug-likeness (QED) is 0.778. The number of halogens is 1. The molecule has 0 bridgehead atoms. The Morgan fingerprint density at radius 3 is 2.36 bits per heavy atom. The van der Waals surface area contributed by atoms with E-state index in [1.165, 1.54) is 28.2 Å². The van der Waals surface area contributed by atoms with Crippen LogP contribution in [0.3, 0.4) is 0 Å². The van der Waals surface area contributed by atoms with E-state index >= 15 is 0 Å². The van der Waals surface area contributed by atoms with Crippen molar-refractivity contribution in [3.8, 4) is 0 Å². The van der Waals surface area contributed by atoms with E-state index in [1.54, 1.807) is 0 Å². The molecule has 0 aliphatic carbocycles. The van der Waals surface area contributed by atoms with Crippen LogP contribution < -0.4 is 5.32 Å². The summed E-state index contributed by atoms with van der Waals surface area (Å²) in [6, 6.07) is 0. The molecule has 1 nitrogen and oxygen atoms in total. The molecule has 1 fully saturated rings. The van der Waals surface area contributed by atoms with Crippen LogP contribution in [-0.2, 0) is 0 Å². The first-order valence-corrected chi connectivity index (χ1v) is 6.35. The van der Waals surface area contributed by atoms with E-state index in [9.17, 15) is 0 Å². The van der Waals surface area contributed by atoms with Gasteiger partial charge in [-0.2, -0.15) is 0 Å². The van der Waals surface area contributed by atoms with Crippen molar-refractivity contribution in [2.75, 3.05) is 13.1 Å². The molecular formula is C11H16ClNS. The summed E-state index contributed by atoms with van der Waals surface area (Å²) >= 11 is 8.17. The molecule has 1 saturated heterocycles. The molecule has 0 aromatic carbocycles. The van der Waals surface area contributed by atoms with Gasteiger partial charge in [0.05, 0.1) is 5.02 Å². The molecule has 14 heavy (non-hydrogen) atoms. The normalized spacial score (nSPS) is 18.8. The minimum Gasteiger partial charge on any atom is -0.317 e. The molecule has 0 unspecified atom stereocenters. The van der Waals surface area contributed by atoms with Gasteiger partial charge in [0.15, 0.2) is 0 Å². The van der Waals surface area contributed by atoms with Crippen molar-refractivity contribution in [2.24, 2.45) is 0 Å². The highest BCUT2D eigenvalue weighted by Gasteiger charge is 2.22. The summed E-state index contributed by atoms with van der Waals surface area (Å²) in [7, 11) is 0. The first-order chi connectivity index (χ1) is 6.70. The van der Waals surface area contributed by atoms with Gasteiger partial charge in [-0.15, -0.1) is 11.3 Å². The van der Waals surface area contributed by atoms with Gasteiger partial charge in [0.2, 0.25) is 0 Å². The third kappa shape index (κ3) is 1.83. The first kappa shape index (κ1) is 10.5. The Morgan fingerprint density at radius 2 is 1.86 bits per heavy atom. The Balaban J connectivity index is 2.29. The molecule has 1 aromatic rings. The van der Waals surface area contributed by atoms with Crippen molar-refractivity contribution in [3.63, 3.8) is 0 Å². The molecule has 0 amide bonds. The zero-order valence-corrected chi connectivity index (χ0v) is 10.3. The standard InChI is InChI=1S/C11H16ClNS/c1-7-10(11(12)8(2)14-7)9-3-5-13-6-4-9/h9,13H,3-6H2,1-2H3. The second-order valence-electron chi connectivity index (χ2n) is 3.97. The summed E-state index contributed by atoms with van der Waals surface area (Å²) in [5, 5.41) is 4.42. The molecule has 3 heteroatoms. The SMILES string of the molecule is Cc1sc(C)c(C2CCNCC2)c1Cl. The highest BCUT2D eigenvalue weighted by atomic mass is 35.5. The summed E-state index contributed by atoms with van der Waals surface area (Å²) in [5.41, 5.74) is 1.43. The zero-order valence-electron chi connectivity index (χ0n) is 8.69. The minimum absolute atomic E-state index is 0.689. The molecule has 0 atom stereocenters. The number of nitrogens with one attached hydrogen (secondary N) is 1. The number of piperidine rings is 1. The van der Waals surface area contributed by atoms with Crippen LogP contribution in [0.2, 0.25) is 5.02 Å². The van der Waals surface area contributed by atoms with E-state index in [-0.39, 0.29) is 0 Å². The average Bonchev–Trinajstić information content (AvgIpc) is 2.43. The number of hydrogen-bond donors (Lipinski definition) is 1. The van der Waals surface area contributed by atoms with Gasteiger partial charge in [0.25, 0.3) is 0 Å². The largest absolute Gasteiger partial charge is 0.317 e. The smallest absolute Gasteiger partial charge is 0.0579 e. The molecule has 0 saturated carbocycles. The van der Waals surface area contributed by atoms with Crippen LogP contribution in [0.5, 0.6) is 0 Å². The molecule has 1 aliphatic heterocycles. The van der Waals surface area contributed by atoms with Crippen molar-refractivity contribution in [3.05, 3.63) is 20.3 Å².